The summed E-state index contributed by atoms with van der Waals surface area (Å²) in [5.41, 5.74) is 0.00313. The quantitative estimate of drug-likeness (QED) is 0.645. The summed E-state index contributed by atoms with van der Waals surface area (Å²) in [6.45, 7) is 5.57. The third kappa shape index (κ3) is 3.07. The molecule has 0 unspecified atom stereocenters. The van der Waals surface area contributed by atoms with Gasteiger partial charge in [-0.2, -0.15) is 0 Å². The highest BCUT2D eigenvalue weighted by Gasteiger charge is 2.34. The van der Waals surface area contributed by atoms with Gasteiger partial charge in [-0.25, -0.2) is 0 Å². The molecule has 0 aromatic heterocycles. The van der Waals surface area contributed by atoms with Crippen LogP contribution in [0.4, 0.5) is 0 Å². The zero-order chi connectivity index (χ0) is 11.4. The Labute approximate surface area is 99.4 Å². The maximum Gasteiger partial charge on any atom is 0.127 e. The number of carbonyl (C=O) groups is 1. The number of aldehydes is 1. The Balaban J connectivity index is 1.89. The highest BCUT2D eigenvalue weighted by Crippen LogP contribution is 2.36. The predicted molar refractivity (Wildman–Crippen MR) is 66.4 cm³/mol. The lowest BCUT2D eigenvalue weighted by Crippen LogP contribution is -2.41. The second-order valence-electron chi connectivity index (χ2n) is 5.81. The molecule has 0 amide bonds. The normalized spacial score (nSPS) is 24.6. The summed E-state index contributed by atoms with van der Waals surface area (Å²) in [6.07, 6.45) is 10.1. The number of carbonyl (C=O) groups excluding carboxylic acids is 1. The first-order chi connectivity index (χ1) is 7.78. The molecule has 2 fully saturated rings. The van der Waals surface area contributed by atoms with Crippen molar-refractivity contribution in [2.75, 3.05) is 19.6 Å². The van der Waals surface area contributed by atoms with E-state index in [4.69, 9.17) is 0 Å². The molecule has 2 saturated carbocycles. The van der Waals surface area contributed by atoms with E-state index in [0.717, 1.165) is 31.8 Å². The van der Waals surface area contributed by atoms with Crippen LogP contribution in [0, 0.1) is 11.3 Å². The zero-order valence-corrected chi connectivity index (χ0v) is 10.6. The molecule has 0 N–H and O–H groups in total. The van der Waals surface area contributed by atoms with Crippen molar-refractivity contribution < 1.29 is 4.79 Å². The van der Waals surface area contributed by atoms with Crippen LogP contribution in [0.1, 0.15) is 51.9 Å². The summed E-state index contributed by atoms with van der Waals surface area (Å²) in [5, 5.41) is 0. The molecule has 0 aromatic rings. The van der Waals surface area contributed by atoms with E-state index in [1.54, 1.807) is 0 Å². The fraction of sp³-hybridized carbons (Fsp3) is 0.929. The maximum atomic E-state index is 11.4. The molecule has 16 heavy (non-hydrogen) atoms. The van der Waals surface area contributed by atoms with Gasteiger partial charge in [-0.15, -0.1) is 0 Å². The first-order valence-corrected chi connectivity index (χ1v) is 6.97. The minimum absolute atomic E-state index is 0.00313. The molecule has 2 nitrogen and oxygen atoms in total. The Morgan fingerprint density at radius 3 is 2.44 bits per heavy atom. The molecule has 0 aromatic carbocycles. The van der Waals surface area contributed by atoms with E-state index >= 15 is 0 Å². The van der Waals surface area contributed by atoms with E-state index in [-0.39, 0.29) is 5.41 Å². The summed E-state index contributed by atoms with van der Waals surface area (Å²) < 4.78 is 0. The van der Waals surface area contributed by atoms with Crippen LogP contribution >= 0.6 is 0 Å². The SMILES string of the molecule is CCN(CC1CC1)CC1(C=O)CCCCC1. The Hall–Kier alpha value is -0.370. The van der Waals surface area contributed by atoms with Gasteiger partial charge in [0.2, 0.25) is 0 Å². The van der Waals surface area contributed by atoms with Crippen LogP contribution in [0.25, 0.3) is 0 Å². The molecule has 0 bridgehead atoms. The number of hydrogen-bond acceptors (Lipinski definition) is 2. The van der Waals surface area contributed by atoms with Crippen molar-refractivity contribution in [3.8, 4) is 0 Å². The number of hydrogen-bond donors (Lipinski definition) is 0. The third-order valence-electron chi connectivity index (χ3n) is 4.30. The molecule has 2 heteroatoms. The molecule has 92 valence electrons. The lowest BCUT2D eigenvalue weighted by molar-refractivity contribution is -0.119. The van der Waals surface area contributed by atoms with Crippen LogP contribution in [0.15, 0.2) is 0 Å². The van der Waals surface area contributed by atoms with Gasteiger partial charge in [0.25, 0.3) is 0 Å². The van der Waals surface area contributed by atoms with Crippen molar-refractivity contribution in [3.63, 3.8) is 0 Å². The molecule has 0 atom stereocenters. The molecule has 0 aliphatic heterocycles. The van der Waals surface area contributed by atoms with Crippen molar-refractivity contribution in [3.05, 3.63) is 0 Å². The van der Waals surface area contributed by atoms with Gasteiger partial charge in [-0.1, -0.05) is 26.2 Å². The second kappa shape index (κ2) is 5.31. The predicted octanol–water partition coefficient (Wildman–Crippen LogP) is 2.87. The molecular weight excluding hydrogens is 198 g/mol. The van der Waals surface area contributed by atoms with E-state index < -0.39 is 0 Å². The second-order valence-corrected chi connectivity index (χ2v) is 5.81. The summed E-state index contributed by atoms with van der Waals surface area (Å²) in [6, 6.07) is 0. The number of rotatable bonds is 6. The van der Waals surface area contributed by atoms with Gasteiger partial charge in [0.15, 0.2) is 0 Å². The van der Waals surface area contributed by atoms with Crippen LogP contribution in [0.5, 0.6) is 0 Å². The monoisotopic (exact) mass is 223 g/mol. The minimum Gasteiger partial charge on any atom is -0.303 e. The van der Waals surface area contributed by atoms with Gasteiger partial charge in [-0.05, 0) is 38.1 Å². The molecule has 0 spiro atoms. The fourth-order valence-electron chi connectivity index (χ4n) is 2.99. The highest BCUT2D eigenvalue weighted by atomic mass is 16.1. The van der Waals surface area contributed by atoms with Crippen LogP contribution in [-0.4, -0.2) is 30.8 Å². The van der Waals surface area contributed by atoms with Gasteiger partial charge in [0.1, 0.15) is 6.29 Å². The van der Waals surface area contributed by atoms with Crippen molar-refractivity contribution in [2.45, 2.75) is 51.9 Å². The summed E-state index contributed by atoms with van der Waals surface area (Å²) in [7, 11) is 0. The lowest BCUT2D eigenvalue weighted by Gasteiger charge is -2.36. The number of nitrogens with zero attached hydrogens (tertiary/aromatic N) is 1. The largest absolute Gasteiger partial charge is 0.303 e. The van der Waals surface area contributed by atoms with Crippen molar-refractivity contribution in [2.24, 2.45) is 11.3 Å². The maximum absolute atomic E-state index is 11.4. The van der Waals surface area contributed by atoms with Gasteiger partial charge in [0.05, 0.1) is 0 Å². The molecule has 2 rings (SSSR count). The van der Waals surface area contributed by atoms with E-state index in [0.29, 0.717) is 0 Å². The van der Waals surface area contributed by atoms with Gasteiger partial charge in [0, 0.05) is 18.5 Å². The Bertz CT molecular complexity index is 229. The lowest BCUT2D eigenvalue weighted by atomic mass is 9.75. The molecule has 2 aliphatic carbocycles. The topological polar surface area (TPSA) is 20.3 Å². The van der Waals surface area contributed by atoms with Crippen molar-refractivity contribution in [1.29, 1.82) is 0 Å². The Morgan fingerprint density at radius 2 is 1.94 bits per heavy atom. The molecule has 0 radical (unpaired) electrons. The summed E-state index contributed by atoms with van der Waals surface area (Å²) >= 11 is 0. The van der Waals surface area contributed by atoms with Crippen LogP contribution in [-0.2, 0) is 4.79 Å². The average molecular weight is 223 g/mol. The average Bonchev–Trinajstić information content (AvgIpc) is 3.13. The van der Waals surface area contributed by atoms with Gasteiger partial charge < -0.3 is 9.69 Å². The van der Waals surface area contributed by atoms with Crippen molar-refractivity contribution >= 4 is 6.29 Å². The molecule has 2 aliphatic rings. The molecule has 0 saturated heterocycles. The van der Waals surface area contributed by atoms with Crippen LogP contribution in [0.3, 0.4) is 0 Å². The standard InChI is InChI=1S/C14H25NO/c1-2-15(10-13-6-7-13)11-14(12-16)8-4-3-5-9-14/h12-13H,2-11H2,1H3. The van der Waals surface area contributed by atoms with E-state index in [9.17, 15) is 4.79 Å². The van der Waals surface area contributed by atoms with E-state index in [1.165, 1.54) is 44.9 Å². The van der Waals surface area contributed by atoms with E-state index in [2.05, 4.69) is 11.8 Å². The summed E-state index contributed by atoms with van der Waals surface area (Å²) in [5.74, 6) is 0.937. The Morgan fingerprint density at radius 1 is 1.25 bits per heavy atom. The highest BCUT2D eigenvalue weighted by molar-refractivity contribution is 5.60. The molecule has 0 heterocycles. The van der Waals surface area contributed by atoms with Gasteiger partial charge >= 0.3 is 0 Å². The molecular formula is C14H25NO. The fourth-order valence-corrected chi connectivity index (χ4v) is 2.99. The van der Waals surface area contributed by atoms with Crippen molar-refractivity contribution in [1.82, 2.24) is 4.90 Å². The minimum atomic E-state index is 0.00313. The Kier molecular flexibility index (Phi) is 4.01. The zero-order valence-electron chi connectivity index (χ0n) is 10.6. The first-order valence-electron chi connectivity index (χ1n) is 6.97. The van der Waals surface area contributed by atoms with Crippen LogP contribution < -0.4 is 0 Å². The third-order valence-corrected chi connectivity index (χ3v) is 4.30. The van der Waals surface area contributed by atoms with Crippen LogP contribution in [0.2, 0.25) is 0 Å². The van der Waals surface area contributed by atoms with E-state index in [1.807, 2.05) is 0 Å². The smallest absolute Gasteiger partial charge is 0.127 e. The summed E-state index contributed by atoms with van der Waals surface area (Å²) in [4.78, 5) is 13.9. The van der Waals surface area contributed by atoms with Gasteiger partial charge in [-0.3, -0.25) is 0 Å². The first kappa shape index (κ1) is 12.1.